The van der Waals surface area contributed by atoms with E-state index in [9.17, 15) is 4.79 Å². The minimum atomic E-state index is -0.0392. The van der Waals surface area contributed by atoms with Crippen molar-refractivity contribution in [2.45, 2.75) is 20.0 Å². The highest BCUT2D eigenvalue weighted by molar-refractivity contribution is 9.10. The van der Waals surface area contributed by atoms with E-state index in [2.05, 4.69) is 33.4 Å². The molecule has 0 atom stereocenters. The summed E-state index contributed by atoms with van der Waals surface area (Å²) in [7, 11) is 0. The van der Waals surface area contributed by atoms with E-state index in [1.165, 1.54) is 0 Å². The summed E-state index contributed by atoms with van der Waals surface area (Å²) < 4.78 is 9.13. The van der Waals surface area contributed by atoms with Crippen molar-refractivity contribution in [3.05, 3.63) is 99.3 Å². The Morgan fingerprint density at radius 1 is 0.968 bits per heavy atom. The SMILES string of the molecule is CCn1c(=O)c2c(-c3cccc(Br)c3)c(NCc3ccccc3)oc2c2ccccc21. The monoisotopic (exact) mass is 472 g/mol. The maximum Gasteiger partial charge on any atom is 0.262 e. The summed E-state index contributed by atoms with van der Waals surface area (Å²) in [5.74, 6) is 0.605. The molecule has 0 spiro atoms. The molecule has 0 saturated heterocycles. The molecular formula is C26H21BrN2O2. The highest BCUT2D eigenvalue weighted by Crippen LogP contribution is 2.40. The third-order valence-corrected chi connectivity index (χ3v) is 6.03. The second kappa shape index (κ2) is 8.08. The minimum Gasteiger partial charge on any atom is -0.439 e. The van der Waals surface area contributed by atoms with Crippen LogP contribution in [0.5, 0.6) is 0 Å². The number of halogens is 1. The van der Waals surface area contributed by atoms with Crippen LogP contribution in [-0.4, -0.2) is 4.57 Å². The van der Waals surface area contributed by atoms with Crippen LogP contribution in [-0.2, 0) is 13.1 Å². The van der Waals surface area contributed by atoms with Crippen molar-refractivity contribution in [1.82, 2.24) is 4.57 Å². The van der Waals surface area contributed by atoms with Crippen molar-refractivity contribution in [3.8, 4) is 11.1 Å². The maximum atomic E-state index is 13.6. The molecule has 0 saturated carbocycles. The fourth-order valence-electron chi connectivity index (χ4n) is 4.11. The van der Waals surface area contributed by atoms with Gasteiger partial charge in [0.2, 0.25) is 5.88 Å². The van der Waals surface area contributed by atoms with E-state index in [4.69, 9.17) is 4.42 Å². The summed E-state index contributed by atoms with van der Waals surface area (Å²) in [6.07, 6.45) is 0. The molecule has 0 aliphatic rings. The van der Waals surface area contributed by atoms with Gasteiger partial charge in [0.15, 0.2) is 5.58 Å². The summed E-state index contributed by atoms with van der Waals surface area (Å²) >= 11 is 3.56. The highest BCUT2D eigenvalue weighted by atomic mass is 79.9. The van der Waals surface area contributed by atoms with Gasteiger partial charge in [-0.1, -0.05) is 70.5 Å². The van der Waals surface area contributed by atoms with Crippen molar-refractivity contribution in [2.75, 3.05) is 5.32 Å². The number of fused-ring (bicyclic) bond motifs is 3. The quantitative estimate of drug-likeness (QED) is 0.305. The number of nitrogens with zero attached hydrogens (tertiary/aromatic N) is 1. The number of hydrogen-bond acceptors (Lipinski definition) is 3. The lowest BCUT2D eigenvalue weighted by atomic mass is 10.0. The predicted octanol–water partition coefficient (Wildman–Crippen LogP) is 6.81. The zero-order valence-electron chi connectivity index (χ0n) is 17.1. The number of para-hydroxylation sites is 1. The third-order valence-electron chi connectivity index (χ3n) is 5.53. The van der Waals surface area contributed by atoms with Gasteiger partial charge in [0, 0.05) is 22.9 Å². The first-order chi connectivity index (χ1) is 15.2. The predicted molar refractivity (Wildman–Crippen MR) is 131 cm³/mol. The smallest absolute Gasteiger partial charge is 0.262 e. The van der Waals surface area contributed by atoms with Crippen LogP contribution in [0.4, 0.5) is 5.88 Å². The average Bonchev–Trinajstić information content (AvgIpc) is 3.19. The van der Waals surface area contributed by atoms with Gasteiger partial charge in [-0.3, -0.25) is 4.79 Å². The molecule has 0 bridgehead atoms. The van der Waals surface area contributed by atoms with E-state index in [1.807, 2.05) is 78.2 Å². The molecule has 5 rings (SSSR count). The van der Waals surface area contributed by atoms with Crippen LogP contribution < -0.4 is 10.9 Å². The number of aryl methyl sites for hydroxylation is 1. The van der Waals surface area contributed by atoms with E-state index >= 15 is 0 Å². The lowest BCUT2D eigenvalue weighted by Gasteiger charge is -2.09. The number of pyridine rings is 1. The number of benzene rings is 3. The molecule has 154 valence electrons. The summed E-state index contributed by atoms with van der Waals surface area (Å²) in [5, 5.41) is 4.98. The number of rotatable bonds is 5. The first kappa shape index (κ1) is 19.6. The Morgan fingerprint density at radius 2 is 1.74 bits per heavy atom. The molecule has 2 heterocycles. The van der Waals surface area contributed by atoms with Crippen molar-refractivity contribution < 1.29 is 4.42 Å². The Morgan fingerprint density at radius 3 is 2.52 bits per heavy atom. The van der Waals surface area contributed by atoms with Gasteiger partial charge in [0.1, 0.15) is 0 Å². The topological polar surface area (TPSA) is 47.2 Å². The van der Waals surface area contributed by atoms with Gasteiger partial charge in [-0.2, -0.15) is 0 Å². The van der Waals surface area contributed by atoms with Gasteiger partial charge >= 0.3 is 0 Å². The minimum absolute atomic E-state index is 0.0392. The Kier molecular flexibility index (Phi) is 5.12. The highest BCUT2D eigenvalue weighted by Gasteiger charge is 2.23. The van der Waals surface area contributed by atoms with Crippen molar-refractivity contribution in [2.24, 2.45) is 0 Å². The summed E-state index contributed by atoms with van der Waals surface area (Å²) in [6.45, 7) is 3.18. The first-order valence-corrected chi connectivity index (χ1v) is 11.1. The van der Waals surface area contributed by atoms with Gasteiger partial charge < -0.3 is 14.3 Å². The zero-order chi connectivity index (χ0) is 21.4. The normalized spacial score (nSPS) is 11.3. The van der Waals surface area contributed by atoms with Crippen LogP contribution in [0.3, 0.4) is 0 Å². The molecule has 0 aliphatic heterocycles. The molecule has 2 aromatic heterocycles. The first-order valence-electron chi connectivity index (χ1n) is 10.3. The fraction of sp³-hybridized carbons (Fsp3) is 0.115. The van der Waals surface area contributed by atoms with Gasteiger partial charge in [-0.05, 0) is 42.3 Å². The average molecular weight is 473 g/mol. The molecule has 31 heavy (non-hydrogen) atoms. The molecular weight excluding hydrogens is 452 g/mol. The molecule has 3 aromatic carbocycles. The van der Waals surface area contributed by atoms with Gasteiger partial charge in [-0.15, -0.1) is 0 Å². The Balaban J connectivity index is 1.81. The number of furan rings is 1. The molecule has 1 N–H and O–H groups in total. The van der Waals surface area contributed by atoms with E-state index in [0.717, 1.165) is 32.1 Å². The van der Waals surface area contributed by atoms with Gasteiger partial charge in [-0.25, -0.2) is 0 Å². The molecule has 0 unspecified atom stereocenters. The largest absolute Gasteiger partial charge is 0.439 e. The van der Waals surface area contributed by atoms with Gasteiger partial charge in [0.05, 0.1) is 16.5 Å². The molecule has 5 aromatic rings. The Bertz CT molecular complexity index is 1450. The van der Waals surface area contributed by atoms with Crippen molar-refractivity contribution in [3.63, 3.8) is 0 Å². The van der Waals surface area contributed by atoms with Crippen molar-refractivity contribution >= 4 is 43.7 Å². The molecule has 5 heteroatoms. The number of anilines is 1. The second-order valence-electron chi connectivity index (χ2n) is 7.43. The van der Waals surface area contributed by atoms with Crippen LogP contribution in [0.15, 0.2) is 92.5 Å². The van der Waals surface area contributed by atoms with E-state index in [0.29, 0.717) is 29.9 Å². The van der Waals surface area contributed by atoms with Crippen molar-refractivity contribution in [1.29, 1.82) is 0 Å². The van der Waals surface area contributed by atoms with Crippen LogP contribution in [0.25, 0.3) is 33.0 Å². The molecule has 0 fully saturated rings. The van der Waals surface area contributed by atoms with Gasteiger partial charge in [0.25, 0.3) is 5.56 Å². The molecule has 0 amide bonds. The third kappa shape index (κ3) is 3.45. The molecule has 0 radical (unpaired) electrons. The maximum absolute atomic E-state index is 13.6. The molecule has 4 nitrogen and oxygen atoms in total. The van der Waals surface area contributed by atoms with E-state index in [1.54, 1.807) is 0 Å². The van der Waals surface area contributed by atoms with E-state index in [-0.39, 0.29) is 5.56 Å². The second-order valence-corrected chi connectivity index (χ2v) is 8.34. The fourth-order valence-corrected chi connectivity index (χ4v) is 4.51. The lowest BCUT2D eigenvalue weighted by Crippen LogP contribution is -2.19. The summed E-state index contributed by atoms with van der Waals surface area (Å²) in [6, 6.07) is 26.0. The van der Waals surface area contributed by atoms with Crippen LogP contribution >= 0.6 is 15.9 Å². The number of hydrogen-bond donors (Lipinski definition) is 1. The Labute approximate surface area is 188 Å². The van der Waals surface area contributed by atoms with Crippen LogP contribution in [0, 0.1) is 0 Å². The lowest BCUT2D eigenvalue weighted by molar-refractivity contribution is 0.629. The number of aromatic nitrogens is 1. The Hall–Kier alpha value is -3.31. The van der Waals surface area contributed by atoms with Crippen LogP contribution in [0.1, 0.15) is 12.5 Å². The standard InChI is InChI=1S/C26H21BrN2O2/c1-2-29-21-14-7-6-13-20(21)24-23(26(29)30)22(18-11-8-12-19(27)15-18)25(31-24)28-16-17-9-4-3-5-10-17/h3-15,28H,2,16H2,1H3. The number of nitrogens with one attached hydrogen (secondary N) is 1. The summed E-state index contributed by atoms with van der Waals surface area (Å²) in [4.78, 5) is 13.6. The summed E-state index contributed by atoms with van der Waals surface area (Å²) in [5.41, 5.74) is 4.33. The van der Waals surface area contributed by atoms with Crippen LogP contribution in [0.2, 0.25) is 0 Å². The molecule has 0 aliphatic carbocycles. The van der Waals surface area contributed by atoms with E-state index < -0.39 is 0 Å². The zero-order valence-corrected chi connectivity index (χ0v) is 18.6.